The summed E-state index contributed by atoms with van der Waals surface area (Å²) in [5, 5.41) is 0. The van der Waals surface area contributed by atoms with Crippen molar-refractivity contribution < 1.29 is 8.42 Å². The first-order valence-electron chi connectivity index (χ1n) is 6.95. The Kier molecular flexibility index (Phi) is 6.79. The van der Waals surface area contributed by atoms with Gasteiger partial charge in [0, 0.05) is 38.4 Å². The van der Waals surface area contributed by atoms with Crippen LogP contribution in [0.15, 0.2) is 21.9 Å². The van der Waals surface area contributed by atoms with E-state index in [1.54, 1.807) is 0 Å². The zero-order valence-electron chi connectivity index (χ0n) is 12.3. The third-order valence-electron chi connectivity index (χ3n) is 2.82. The second-order valence-corrected chi connectivity index (χ2v) is 6.36. The monoisotopic (exact) mass is 318 g/mol. The molecule has 1 heterocycles. The van der Waals surface area contributed by atoms with Gasteiger partial charge in [0.05, 0.1) is 0 Å². The molecule has 0 atom stereocenters. The third kappa shape index (κ3) is 5.44. The molecule has 0 saturated heterocycles. The van der Waals surface area contributed by atoms with Crippen molar-refractivity contribution in [2.45, 2.75) is 33.2 Å². The number of aromatic nitrogens is 2. The minimum atomic E-state index is -3.54. The van der Waals surface area contributed by atoms with Gasteiger partial charge in [-0.05, 0) is 12.8 Å². The lowest BCUT2D eigenvalue weighted by Crippen LogP contribution is -2.43. The van der Waals surface area contributed by atoms with E-state index in [9.17, 15) is 18.0 Å². The second kappa shape index (κ2) is 8.11. The molecule has 0 amide bonds. The van der Waals surface area contributed by atoms with Crippen molar-refractivity contribution in [2.75, 3.05) is 19.6 Å². The maximum absolute atomic E-state index is 12.1. The van der Waals surface area contributed by atoms with E-state index in [-0.39, 0.29) is 13.1 Å². The standard InChI is InChI=1S/C12H22N4O4S/c1-3-7-16(8-4-2)21(19,20)13-6-10-15-9-5-11(17)14-12(15)18/h5,9,13H,3-4,6-8,10H2,1-2H3,(H,14,17,18). The highest BCUT2D eigenvalue weighted by molar-refractivity contribution is 7.87. The molecule has 0 spiro atoms. The average molecular weight is 318 g/mol. The van der Waals surface area contributed by atoms with Crippen molar-refractivity contribution in [1.82, 2.24) is 18.6 Å². The molecule has 0 aliphatic carbocycles. The zero-order valence-corrected chi connectivity index (χ0v) is 13.1. The smallest absolute Gasteiger partial charge is 0.299 e. The van der Waals surface area contributed by atoms with Crippen LogP contribution in [0.4, 0.5) is 0 Å². The first kappa shape index (κ1) is 17.6. The first-order valence-corrected chi connectivity index (χ1v) is 8.39. The van der Waals surface area contributed by atoms with Crippen molar-refractivity contribution in [3.05, 3.63) is 33.1 Å². The quantitative estimate of drug-likeness (QED) is 0.640. The van der Waals surface area contributed by atoms with Gasteiger partial charge >= 0.3 is 5.69 Å². The fraction of sp³-hybridized carbons (Fsp3) is 0.667. The van der Waals surface area contributed by atoms with Crippen LogP contribution in [0.1, 0.15) is 26.7 Å². The maximum Gasteiger partial charge on any atom is 0.328 e. The van der Waals surface area contributed by atoms with E-state index in [4.69, 9.17) is 0 Å². The fourth-order valence-electron chi connectivity index (χ4n) is 1.86. The summed E-state index contributed by atoms with van der Waals surface area (Å²) in [5.74, 6) is 0. The van der Waals surface area contributed by atoms with Gasteiger partial charge in [0.15, 0.2) is 0 Å². The van der Waals surface area contributed by atoms with E-state index in [1.807, 2.05) is 13.8 Å². The van der Waals surface area contributed by atoms with Crippen LogP contribution in [-0.4, -0.2) is 41.9 Å². The Morgan fingerprint density at radius 1 is 1.24 bits per heavy atom. The SMILES string of the molecule is CCCN(CCC)S(=O)(=O)NCCn1ccc(=O)[nH]c1=O. The van der Waals surface area contributed by atoms with Gasteiger partial charge in [-0.1, -0.05) is 13.8 Å². The summed E-state index contributed by atoms with van der Waals surface area (Å²) in [6.07, 6.45) is 2.81. The molecular formula is C12H22N4O4S. The van der Waals surface area contributed by atoms with Gasteiger partial charge in [0.25, 0.3) is 15.8 Å². The molecule has 21 heavy (non-hydrogen) atoms. The highest BCUT2D eigenvalue weighted by Gasteiger charge is 2.19. The molecule has 0 unspecified atom stereocenters. The summed E-state index contributed by atoms with van der Waals surface area (Å²) < 4.78 is 29.3. The Hall–Kier alpha value is -1.45. The van der Waals surface area contributed by atoms with E-state index in [2.05, 4.69) is 9.71 Å². The molecule has 0 saturated carbocycles. The number of H-pyrrole nitrogens is 1. The number of aromatic amines is 1. The highest BCUT2D eigenvalue weighted by Crippen LogP contribution is 2.01. The predicted molar refractivity (Wildman–Crippen MR) is 80.4 cm³/mol. The van der Waals surface area contributed by atoms with Crippen LogP contribution in [-0.2, 0) is 16.8 Å². The Labute approximate surface area is 124 Å². The van der Waals surface area contributed by atoms with E-state index in [0.717, 1.165) is 12.8 Å². The summed E-state index contributed by atoms with van der Waals surface area (Å²) in [6.45, 7) is 4.98. The molecular weight excluding hydrogens is 296 g/mol. The van der Waals surface area contributed by atoms with Crippen LogP contribution in [0.2, 0.25) is 0 Å². The summed E-state index contributed by atoms with van der Waals surface area (Å²) in [5.41, 5.74) is -1.03. The molecule has 1 aromatic rings. The van der Waals surface area contributed by atoms with Gasteiger partial charge in [-0.25, -0.2) is 9.52 Å². The van der Waals surface area contributed by atoms with Crippen molar-refractivity contribution in [3.63, 3.8) is 0 Å². The average Bonchev–Trinajstić information content (AvgIpc) is 2.41. The number of hydrogen-bond donors (Lipinski definition) is 2. The molecule has 1 rings (SSSR count). The number of rotatable bonds is 9. The van der Waals surface area contributed by atoms with Gasteiger partial charge in [-0.15, -0.1) is 0 Å². The molecule has 1 aromatic heterocycles. The van der Waals surface area contributed by atoms with Crippen LogP contribution in [0.3, 0.4) is 0 Å². The largest absolute Gasteiger partial charge is 0.328 e. The normalized spacial score (nSPS) is 12.0. The molecule has 8 nitrogen and oxygen atoms in total. The summed E-state index contributed by atoms with van der Waals surface area (Å²) >= 11 is 0. The zero-order chi connectivity index (χ0) is 15.9. The van der Waals surface area contributed by atoms with Crippen LogP contribution in [0.5, 0.6) is 0 Å². The Balaban J connectivity index is 2.64. The molecule has 120 valence electrons. The van der Waals surface area contributed by atoms with Crippen molar-refractivity contribution in [2.24, 2.45) is 0 Å². The van der Waals surface area contributed by atoms with E-state index >= 15 is 0 Å². The summed E-state index contributed by atoms with van der Waals surface area (Å²) in [6, 6.07) is 1.22. The second-order valence-electron chi connectivity index (χ2n) is 4.60. The van der Waals surface area contributed by atoms with Crippen molar-refractivity contribution in [3.8, 4) is 0 Å². The van der Waals surface area contributed by atoms with Gasteiger partial charge in [-0.3, -0.25) is 14.3 Å². The van der Waals surface area contributed by atoms with Gasteiger partial charge < -0.3 is 0 Å². The molecule has 0 aromatic carbocycles. The molecule has 0 bridgehead atoms. The lowest BCUT2D eigenvalue weighted by atomic mass is 10.4. The summed E-state index contributed by atoms with van der Waals surface area (Å²) in [4.78, 5) is 24.5. The minimum absolute atomic E-state index is 0.0816. The molecule has 2 N–H and O–H groups in total. The third-order valence-corrected chi connectivity index (χ3v) is 4.43. The molecule has 9 heteroatoms. The predicted octanol–water partition coefficient (Wildman–Crippen LogP) is -0.507. The van der Waals surface area contributed by atoms with Crippen molar-refractivity contribution >= 4 is 10.2 Å². The van der Waals surface area contributed by atoms with Crippen LogP contribution < -0.4 is 16.0 Å². The van der Waals surface area contributed by atoms with Gasteiger partial charge in [-0.2, -0.15) is 12.7 Å². The molecule has 0 aliphatic heterocycles. The molecule has 0 aliphatic rings. The van der Waals surface area contributed by atoms with Crippen LogP contribution in [0, 0.1) is 0 Å². The number of hydrogen-bond acceptors (Lipinski definition) is 4. The van der Waals surface area contributed by atoms with E-state index in [0.29, 0.717) is 13.1 Å². The fourth-order valence-corrected chi connectivity index (χ4v) is 3.24. The van der Waals surface area contributed by atoms with E-state index in [1.165, 1.54) is 21.1 Å². The molecule has 0 radical (unpaired) electrons. The first-order chi connectivity index (χ1) is 9.90. The van der Waals surface area contributed by atoms with E-state index < -0.39 is 21.5 Å². The van der Waals surface area contributed by atoms with Gasteiger partial charge in [0.1, 0.15) is 0 Å². The van der Waals surface area contributed by atoms with Gasteiger partial charge in [0.2, 0.25) is 0 Å². The minimum Gasteiger partial charge on any atom is -0.299 e. The Bertz CT molecular complexity index is 644. The topological polar surface area (TPSA) is 104 Å². The van der Waals surface area contributed by atoms with Crippen LogP contribution in [0.25, 0.3) is 0 Å². The maximum atomic E-state index is 12.1. The highest BCUT2D eigenvalue weighted by atomic mass is 32.2. The number of nitrogens with zero attached hydrogens (tertiary/aromatic N) is 2. The lowest BCUT2D eigenvalue weighted by Gasteiger charge is -2.21. The Morgan fingerprint density at radius 2 is 1.86 bits per heavy atom. The number of nitrogens with one attached hydrogen (secondary N) is 2. The van der Waals surface area contributed by atoms with Crippen LogP contribution >= 0.6 is 0 Å². The lowest BCUT2D eigenvalue weighted by molar-refractivity contribution is 0.400. The van der Waals surface area contributed by atoms with Crippen molar-refractivity contribution in [1.29, 1.82) is 0 Å². The Morgan fingerprint density at radius 3 is 2.38 bits per heavy atom. The molecule has 0 fully saturated rings. The summed E-state index contributed by atoms with van der Waals surface area (Å²) in [7, 11) is -3.54.